The molecule has 0 radical (unpaired) electrons. The molecule has 0 aliphatic rings. The minimum atomic E-state index is 0.443. The highest BCUT2D eigenvalue weighted by Gasteiger charge is 2.13. The summed E-state index contributed by atoms with van der Waals surface area (Å²) in [6.07, 6.45) is 1.81. The van der Waals surface area contributed by atoms with Crippen molar-refractivity contribution in [2.75, 3.05) is 0 Å². The van der Waals surface area contributed by atoms with E-state index in [2.05, 4.69) is 40.2 Å². The van der Waals surface area contributed by atoms with Gasteiger partial charge in [0.2, 0.25) is 5.62 Å². The van der Waals surface area contributed by atoms with Gasteiger partial charge in [0.15, 0.2) is 5.69 Å². The van der Waals surface area contributed by atoms with Crippen LogP contribution in [0.5, 0.6) is 0 Å². The van der Waals surface area contributed by atoms with Crippen molar-refractivity contribution in [1.82, 2.24) is 14.1 Å². The van der Waals surface area contributed by atoms with E-state index in [1.165, 1.54) is 0 Å². The second-order valence-corrected chi connectivity index (χ2v) is 7.26. The summed E-state index contributed by atoms with van der Waals surface area (Å²) in [5.41, 5.74) is 6.24. The van der Waals surface area contributed by atoms with Gasteiger partial charge in [-0.3, -0.25) is 10.4 Å². The quantitative estimate of drug-likeness (QED) is 0.426. The number of hydrogen-bond donors (Lipinski definition) is 1. The Kier molecular flexibility index (Phi) is 4.38. The smallest absolute Gasteiger partial charge is 0.203 e. The van der Waals surface area contributed by atoms with Crippen LogP contribution >= 0.6 is 0 Å². The number of hydrogen-bond acceptors (Lipinski definition) is 2. The third-order valence-corrected chi connectivity index (χ3v) is 5.43. The Balaban J connectivity index is 1.62. The lowest BCUT2D eigenvalue weighted by Crippen LogP contribution is -2.25. The first kappa shape index (κ1) is 17.9. The molecule has 0 saturated heterocycles. The van der Waals surface area contributed by atoms with Crippen molar-refractivity contribution < 1.29 is 0 Å². The van der Waals surface area contributed by atoms with E-state index in [0.29, 0.717) is 24.4 Å². The van der Waals surface area contributed by atoms with E-state index >= 15 is 0 Å². The van der Waals surface area contributed by atoms with Crippen molar-refractivity contribution in [3.8, 4) is 0 Å². The fourth-order valence-corrected chi connectivity index (χ4v) is 3.94. The number of pyridine rings is 1. The SMILES string of the molecule is [C-]#[N+]c1ccc(Cn2c(=N)n(Cc3cccc4cccnc34)c3ccccc32)cc1. The van der Waals surface area contributed by atoms with E-state index in [-0.39, 0.29) is 0 Å². The highest BCUT2D eigenvalue weighted by atomic mass is 15.2. The molecule has 5 heteroatoms. The van der Waals surface area contributed by atoms with Gasteiger partial charge in [-0.05, 0) is 29.3 Å². The van der Waals surface area contributed by atoms with Crippen LogP contribution in [-0.4, -0.2) is 14.1 Å². The molecule has 0 atom stereocenters. The summed E-state index contributed by atoms with van der Waals surface area (Å²) >= 11 is 0. The lowest BCUT2D eigenvalue weighted by Gasteiger charge is -2.08. The monoisotopic (exact) mass is 389 g/mol. The Hall–Kier alpha value is -4.17. The lowest BCUT2D eigenvalue weighted by atomic mass is 10.1. The van der Waals surface area contributed by atoms with Crippen LogP contribution < -0.4 is 5.62 Å². The molecule has 0 saturated carbocycles. The topological polar surface area (TPSA) is 51.0 Å². The van der Waals surface area contributed by atoms with E-state index < -0.39 is 0 Å². The number of para-hydroxylation sites is 3. The molecule has 0 bridgehead atoms. The first-order valence-corrected chi connectivity index (χ1v) is 9.76. The third-order valence-electron chi connectivity index (χ3n) is 5.43. The van der Waals surface area contributed by atoms with Gasteiger partial charge >= 0.3 is 0 Å². The highest BCUT2D eigenvalue weighted by molar-refractivity contribution is 5.82. The maximum absolute atomic E-state index is 8.92. The standard InChI is InChI=1S/C25H19N5/c1-27-21-13-11-18(12-14-21)16-29-22-9-2-3-10-23(22)30(25(29)26)17-20-7-4-6-19-8-5-15-28-24(19)20/h2-15,26H,16-17H2. The summed E-state index contributed by atoms with van der Waals surface area (Å²) in [6, 6.07) is 25.9. The van der Waals surface area contributed by atoms with Crippen LogP contribution in [0, 0.1) is 12.0 Å². The van der Waals surface area contributed by atoms with Gasteiger partial charge in [-0.25, -0.2) is 4.85 Å². The van der Waals surface area contributed by atoms with Crippen LogP contribution in [0.3, 0.4) is 0 Å². The molecule has 5 nitrogen and oxygen atoms in total. The Morgan fingerprint density at radius 2 is 1.50 bits per heavy atom. The zero-order valence-corrected chi connectivity index (χ0v) is 16.3. The summed E-state index contributed by atoms with van der Waals surface area (Å²) in [5, 5.41) is 10.0. The molecule has 5 rings (SSSR count). The van der Waals surface area contributed by atoms with Gasteiger partial charge in [0, 0.05) is 11.6 Å². The summed E-state index contributed by atoms with van der Waals surface area (Å²) in [7, 11) is 0. The predicted octanol–water partition coefficient (Wildman–Crippen LogP) is 5.12. The largest absolute Gasteiger partial charge is 0.306 e. The van der Waals surface area contributed by atoms with E-state index in [0.717, 1.165) is 33.1 Å². The highest BCUT2D eigenvalue weighted by Crippen LogP contribution is 2.21. The summed E-state index contributed by atoms with van der Waals surface area (Å²) < 4.78 is 4.05. The Bertz CT molecular complexity index is 1460. The average molecular weight is 389 g/mol. The third kappa shape index (κ3) is 3.05. The molecule has 3 aromatic carbocycles. The first-order valence-electron chi connectivity index (χ1n) is 9.76. The van der Waals surface area contributed by atoms with Crippen molar-refractivity contribution in [1.29, 1.82) is 5.41 Å². The Morgan fingerprint density at radius 3 is 2.23 bits per heavy atom. The van der Waals surface area contributed by atoms with Gasteiger partial charge in [0.05, 0.1) is 36.2 Å². The molecule has 144 valence electrons. The molecule has 2 heterocycles. The second kappa shape index (κ2) is 7.34. The first-order chi connectivity index (χ1) is 14.7. The lowest BCUT2D eigenvalue weighted by molar-refractivity contribution is 0.665. The molecular weight excluding hydrogens is 370 g/mol. The van der Waals surface area contributed by atoms with Gasteiger partial charge in [-0.1, -0.05) is 60.7 Å². The molecular formula is C25H19N5. The number of fused-ring (bicyclic) bond motifs is 2. The second-order valence-electron chi connectivity index (χ2n) is 7.26. The van der Waals surface area contributed by atoms with Crippen LogP contribution in [0.4, 0.5) is 5.69 Å². The van der Waals surface area contributed by atoms with Gasteiger partial charge in [-0.15, -0.1) is 0 Å². The zero-order chi connectivity index (χ0) is 20.5. The molecule has 5 aromatic rings. The minimum Gasteiger partial charge on any atom is -0.306 e. The zero-order valence-electron chi connectivity index (χ0n) is 16.3. The predicted molar refractivity (Wildman–Crippen MR) is 118 cm³/mol. The molecule has 0 aliphatic carbocycles. The molecule has 0 fully saturated rings. The fraction of sp³-hybridized carbons (Fsp3) is 0.0800. The van der Waals surface area contributed by atoms with Gasteiger partial charge < -0.3 is 9.13 Å². The van der Waals surface area contributed by atoms with Crippen molar-refractivity contribution in [3.63, 3.8) is 0 Å². The maximum Gasteiger partial charge on any atom is 0.203 e. The van der Waals surface area contributed by atoms with Crippen LogP contribution in [-0.2, 0) is 13.1 Å². The number of aromatic nitrogens is 3. The van der Waals surface area contributed by atoms with Gasteiger partial charge in [-0.2, -0.15) is 0 Å². The van der Waals surface area contributed by atoms with E-state index in [1.54, 1.807) is 0 Å². The summed E-state index contributed by atoms with van der Waals surface area (Å²) in [4.78, 5) is 8.03. The Labute approximate surface area is 173 Å². The molecule has 30 heavy (non-hydrogen) atoms. The van der Waals surface area contributed by atoms with Crippen LogP contribution in [0.1, 0.15) is 11.1 Å². The molecule has 0 aliphatic heterocycles. The average Bonchev–Trinajstić information content (AvgIpc) is 3.06. The van der Waals surface area contributed by atoms with Crippen molar-refractivity contribution in [2.45, 2.75) is 13.1 Å². The molecule has 0 unspecified atom stereocenters. The summed E-state index contributed by atoms with van der Waals surface area (Å²) in [6.45, 7) is 8.29. The van der Waals surface area contributed by atoms with Crippen LogP contribution in [0.2, 0.25) is 0 Å². The number of nitrogens with zero attached hydrogens (tertiary/aromatic N) is 4. The van der Waals surface area contributed by atoms with Gasteiger partial charge in [0.1, 0.15) is 0 Å². The van der Waals surface area contributed by atoms with Crippen LogP contribution in [0.15, 0.2) is 85.1 Å². The normalized spacial score (nSPS) is 11.0. The maximum atomic E-state index is 8.92. The van der Waals surface area contributed by atoms with E-state index in [4.69, 9.17) is 12.0 Å². The van der Waals surface area contributed by atoms with E-state index in [1.807, 2.05) is 63.9 Å². The number of nitrogens with one attached hydrogen (secondary N) is 1. The fourth-order valence-electron chi connectivity index (χ4n) is 3.94. The molecule has 0 spiro atoms. The number of rotatable bonds is 4. The van der Waals surface area contributed by atoms with Crippen molar-refractivity contribution in [2.24, 2.45) is 0 Å². The van der Waals surface area contributed by atoms with Crippen molar-refractivity contribution >= 4 is 27.6 Å². The van der Waals surface area contributed by atoms with Gasteiger partial charge in [0.25, 0.3) is 0 Å². The Morgan fingerprint density at radius 1 is 0.800 bits per heavy atom. The molecule has 1 N–H and O–H groups in total. The van der Waals surface area contributed by atoms with Crippen molar-refractivity contribution in [3.05, 3.63) is 113 Å². The minimum absolute atomic E-state index is 0.443. The number of imidazole rings is 1. The summed E-state index contributed by atoms with van der Waals surface area (Å²) in [5.74, 6) is 0. The van der Waals surface area contributed by atoms with Crippen LogP contribution in [0.25, 0.3) is 26.8 Å². The number of benzene rings is 3. The van der Waals surface area contributed by atoms with E-state index in [9.17, 15) is 0 Å². The molecule has 2 aromatic heterocycles. The molecule has 0 amide bonds.